The zero-order valence-corrected chi connectivity index (χ0v) is 34.9. The average Bonchev–Trinajstić information content (AvgIpc) is 3.07. The number of benzene rings is 2. The van der Waals surface area contributed by atoms with Gasteiger partial charge in [-0.25, -0.2) is 4.98 Å². The molecule has 50 heavy (non-hydrogen) atoms. The second-order valence-electron chi connectivity index (χ2n) is 13.7. The van der Waals surface area contributed by atoms with Crippen LogP contribution in [0.2, 0.25) is 0 Å². The largest absolute Gasteiger partial charge is 2.00 e. The van der Waals surface area contributed by atoms with Crippen molar-refractivity contribution in [1.29, 1.82) is 0 Å². The van der Waals surface area contributed by atoms with Gasteiger partial charge in [0.15, 0.2) is 0 Å². The van der Waals surface area contributed by atoms with Crippen molar-refractivity contribution in [1.82, 2.24) is 4.98 Å². The molecule has 3 rings (SSSR count). The van der Waals surface area contributed by atoms with Crippen molar-refractivity contribution >= 4 is 23.8 Å². The molecule has 0 unspecified atom stereocenters. The Morgan fingerprint density at radius 2 is 0.740 bits per heavy atom. The van der Waals surface area contributed by atoms with E-state index in [9.17, 15) is 0 Å². The van der Waals surface area contributed by atoms with E-state index in [1.807, 2.05) is 12.4 Å². The molecule has 1 aromatic heterocycles. The number of hydrogen-bond donors (Lipinski definition) is 0. The van der Waals surface area contributed by atoms with Gasteiger partial charge in [-0.3, -0.25) is 9.98 Å². The van der Waals surface area contributed by atoms with Crippen molar-refractivity contribution in [3.8, 4) is 0 Å². The topological polar surface area (TPSA) is 37.6 Å². The fourth-order valence-corrected chi connectivity index (χ4v) is 6.39. The Hall–Kier alpha value is -1.97. The normalized spacial score (nSPS) is 11.1. The Bertz CT molecular complexity index is 1270. The smallest absolute Gasteiger partial charge is 1.00 e. The SMILES string of the molecule is CCCCc1cc(CCCC)c(N=Cc2cc(C)cc(C=Nc3c(CCCC)cc(CCCC)cc3CCCC)n2)c(CCCC)c1.[Cl-].[Cl-].[Fe+2]. The maximum absolute atomic E-state index is 5.20. The minimum Gasteiger partial charge on any atom is -1.00 e. The number of aryl methyl sites for hydroxylation is 7. The van der Waals surface area contributed by atoms with Gasteiger partial charge in [0.2, 0.25) is 0 Å². The first-order valence-electron chi connectivity index (χ1n) is 19.3. The van der Waals surface area contributed by atoms with Crippen molar-refractivity contribution in [2.75, 3.05) is 0 Å². The number of hydrogen-bond acceptors (Lipinski definition) is 3. The molecule has 3 aromatic rings. The molecule has 0 atom stereocenters. The van der Waals surface area contributed by atoms with Crippen LogP contribution in [-0.4, -0.2) is 17.4 Å². The summed E-state index contributed by atoms with van der Waals surface area (Å²) in [7, 11) is 0. The van der Waals surface area contributed by atoms with Gasteiger partial charge in [-0.05, 0) is 135 Å². The summed E-state index contributed by atoms with van der Waals surface area (Å²) in [5.41, 5.74) is 13.9. The van der Waals surface area contributed by atoms with E-state index >= 15 is 0 Å². The van der Waals surface area contributed by atoms with Crippen LogP contribution in [-0.2, 0) is 55.6 Å². The third-order valence-electron chi connectivity index (χ3n) is 9.15. The third-order valence-corrected chi connectivity index (χ3v) is 9.15. The van der Waals surface area contributed by atoms with Gasteiger partial charge in [-0.2, -0.15) is 0 Å². The standard InChI is InChI=1S/C44H65N3.2ClH.Fe/c1-8-14-20-35-28-37(22-16-10-3)43(38(29-35)23-17-11-4)45-32-41-26-34(7)27-42(47-41)33-46-44-39(24-18-12-5)30-36(21-15-9-2)31-40(44)25-19-13-6;;;/h26-33H,8-25H2,1-7H3;2*1H;/q;;;+2/p-2. The predicted octanol–water partition coefficient (Wildman–Crippen LogP) is 6.95. The predicted molar refractivity (Wildman–Crippen MR) is 208 cm³/mol. The van der Waals surface area contributed by atoms with Crippen molar-refractivity contribution in [2.45, 2.75) is 164 Å². The molecule has 0 amide bonds. The summed E-state index contributed by atoms with van der Waals surface area (Å²) in [4.78, 5) is 15.5. The van der Waals surface area contributed by atoms with Crippen molar-refractivity contribution in [2.24, 2.45) is 9.98 Å². The Kier molecular flexibility index (Phi) is 26.6. The molecule has 0 aliphatic rings. The van der Waals surface area contributed by atoms with Crippen LogP contribution in [0, 0.1) is 6.92 Å². The van der Waals surface area contributed by atoms with Gasteiger partial charge in [0.05, 0.1) is 35.2 Å². The number of nitrogens with zero attached hydrogens (tertiary/aromatic N) is 3. The van der Waals surface area contributed by atoms with Gasteiger partial charge in [0.1, 0.15) is 0 Å². The maximum atomic E-state index is 5.20. The van der Waals surface area contributed by atoms with Gasteiger partial charge in [0, 0.05) is 0 Å². The quantitative estimate of drug-likeness (QED) is 0.0807. The third kappa shape index (κ3) is 16.1. The Morgan fingerprint density at radius 1 is 0.460 bits per heavy atom. The van der Waals surface area contributed by atoms with E-state index in [1.165, 1.54) is 127 Å². The van der Waals surface area contributed by atoms with E-state index in [2.05, 4.69) is 84.9 Å². The van der Waals surface area contributed by atoms with Crippen LogP contribution in [0.25, 0.3) is 0 Å². The summed E-state index contributed by atoms with van der Waals surface area (Å²) < 4.78 is 0. The van der Waals surface area contributed by atoms with Crippen molar-refractivity contribution < 1.29 is 41.9 Å². The average molecular weight is 763 g/mol. The molecule has 0 spiro atoms. The molecule has 2 aromatic carbocycles. The minimum atomic E-state index is 0. The first-order chi connectivity index (χ1) is 23.0. The molecule has 3 nitrogen and oxygen atoms in total. The summed E-state index contributed by atoms with van der Waals surface area (Å²) in [6.45, 7) is 15.8. The van der Waals surface area contributed by atoms with Crippen molar-refractivity contribution in [3.05, 3.63) is 86.7 Å². The van der Waals surface area contributed by atoms with Gasteiger partial charge < -0.3 is 24.8 Å². The van der Waals surface area contributed by atoms with Crippen LogP contribution >= 0.6 is 0 Å². The molecule has 0 saturated carbocycles. The van der Waals surface area contributed by atoms with E-state index < -0.39 is 0 Å². The first-order valence-corrected chi connectivity index (χ1v) is 19.3. The van der Waals surface area contributed by atoms with Crippen LogP contribution in [0.3, 0.4) is 0 Å². The van der Waals surface area contributed by atoms with E-state index in [4.69, 9.17) is 15.0 Å². The second-order valence-corrected chi connectivity index (χ2v) is 13.7. The van der Waals surface area contributed by atoms with Crippen LogP contribution in [0.4, 0.5) is 11.4 Å². The Morgan fingerprint density at radius 3 is 1.02 bits per heavy atom. The van der Waals surface area contributed by atoms with Crippen molar-refractivity contribution in [3.63, 3.8) is 0 Å². The zero-order chi connectivity index (χ0) is 33.9. The number of unbranched alkanes of at least 4 members (excludes halogenated alkanes) is 6. The summed E-state index contributed by atoms with van der Waals surface area (Å²) in [5.74, 6) is 0. The molecule has 0 radical (unpaired) electrons. The summed E-state index contributed by atoms with van der Waals surface area (Å²) >= 11 is 0. The molecule has 0 N–H and O–H groups in total. The van der Waals surface area contributed by atoms with Gasteiger partial charge in [-0.1, -0.05) is 104 Å². The molecular weight excluding hydrogens is 697 g/mol. The van der Waals surface area contributed by atoms with Crippen LogP contribution in [0.5, 0.6) is 0 Å². The van der Waals surface area contributed by atoms with Gasteiger partial charge >= 0.3 is 17.1 Å². The minimum absolute atomic E-state index is 0. The molecule has 1 heterocycles. The van der Waals surface area contributed by atoms with E-state index in [0.29, 0.717) is 0 Å². The molecule has 0 aliphatic carbocycles. The number of aliphatic imine (C=N–C) groups is 2. The number of halogens is 2. The second kappa shape index (κ2) is 27.7. The number of aromatic nitrogens is 1. The van der Waals surface area contributed by atoms with Crippen LogP contribution in [0.15, 0.2) is 46.4 Å². The fourth-order valence-electron chi connectivity index (χ4n) is 6.39. The van der Waals surface area contributed by atoms with Gasteiger partial charge in [0.25, 0.3) is 0 Å². The summed E-state index contributed by atoms with van der Waals surface area (Å²) in [6, 6.07) is 14.1. The molecule has 0 saturated heterocycles. The molecule has 0 fully saturated rings. The molecule has 0 aliphatic heterocycles. The molecular formula is C44H65Cl2FeN3. The van der Waals surface area contributed by atoms with E-state index in [1.54, 1.807) is 0 Å². The maximum Gasteiger partial charge on any atom is 2.00 e. The Labute approximate surface area is 329 Å². The molecule has 0 bridgehead atoms. The van der Waals surface area contributed by atoms with Crippen LogP contribution in [0.1, 0.15) is 169 Å². The van der Waals surface area contributed by atoms with Crippen LogP contribution < -0.4 is 24.8 Å². The summed E-state index contributed by atoms with van der Waals surface area (Å²) in [6.07, 6.45) is 25.1. The monoisotopic (exact) mass is 761 g/mol. The Balaban J connectivity index is 0.00000800. The summed E-state index contributed by atoms with van der Waals surface area (Å²) in [5, 5.41) is 0. The van der Waals surface area contributed by atoms with E-state index in [-0.39, 0.29) is 41.9 Å². The molecule has 278 valence electrons. The first kappa shape index (κ1) is 48.0. The fraction of sp³-hybridized carbons (Fsp3) is 0.568. The van der Waals surface area contributed by atoms with E-state index in [0.717, 1.165) is 49.9 Å². The molecule has 6 heteroatoms. The number of rotatable bonds is 22. The zero-order valence-electron chi connectivity index (χ0n) is 32.3. The number of pyridine rings is 1. The van der Waals surface area contributed by atoms with Gasteiger partial charge in [-0.15, -0.1) is 0 Å².